The number of amides is 1. The molecule has 1 aromatic carbocycles. The number of hydrogen-bond donors (Lipinski definition) is 2. The van der Waals surface area contributed by atoms with Crippen molar-refractivity contribution in [2.75, 3.05) is 0 Å². The summed E-state index contributed by atoms with van der Waals surface area (Å²) in [7, 11) is 0. The van der Waals surface area contributed by atoms with Crippen molar-refractivity contribution >= 4 is 23.5 Å². The number of aliphatic carboxylic acids is 1. The molecule has 1 aromatic heterocycles. The number of rotatable bonds is 7. The first-order valence-corrected chi connectivity index (χ1v) is 8.54. The molecule has 0 aliphatic heterocycles. The molecular formula is C18H20ClN3O4. The second-order valence-electron chi connectivity index (χ2n) is 6.01. The van der Waals surface area contributed by atoms with Crippen molar-refractivity contribution < 1.29 is 14.7 Å². The molecule has 0 fully saturated rings. The minimum Gasteiger partial charge on any atom is -0.480 e. The van der Waals surface area contributed by atoms with E-state index in [0.717, 1.165) is 11.8 Å². The molecule has 8 heteroatoms. The van der Waals surface area contributed by atoms with Gasteiger partial charge in [-0.3, -0.25) is 9.59 Å². The van der Waals surface area contributed by atoms with Gasteiger partial charge in [0.25, 0.3) is 5.56 Å². The van der Waals surface area contributed by atoms with Crippen LogP contribution in [-0.2, 0) is 16.1 Å². The van der Waals surface area contributed by atoms with E-state index in [-0.39, 0.29) is 12.5 Å². The van der Waals surface area contributed by atoms with Gasteiger partial charge in [0, 0.05) is 16.8 Å². The number of nitrogens with one attached hydrogen (secondary N) is 1. The molecule has 0 saturated heterocycles. The van der Waals surface area contributed by atoms with Gasteiger partial charge < -0.3 is 15.0 Å². The van der Waals surface area contributed by atoms with Crippen LogP contribution >= 0.6 is 11.6 Å². The van der Waals surface area contributed by atoms with Gasteiger partial charge in [-0.2, -0.15) is 0 Å². The van der Waals surface area contributed by atoms with Crippen LogP contribution < -0.4 is 10.9 Å². The van der Waals surface area contributed by atoms with E-state index in [0.29, 0.717) is 17.1 Å². The lowest BCUT2D eigenvalue weighted by Crippen LogP contribution is -2.46. The minimum atomic E-state index is -1.10. The van der Waals surface area contributed by atoms with Gasteiger partial charge in [0.15, 0.2) is 0 Å². The smallest absolute Gasteiger partial charge is 0.326 e. The first kappa shape index (κ1) is 19.7. The van der Waals surface area contributed by atoms with Crippen LogP contribution in [-0.4, -0.2) is 32.6 Å². The maximum atomic E-state index is 12.2. The van der Waals surface area contributed by atoms with Crippen molar-refractivity contribution in [3.05, 3.63) is 52.0 Å². The van der Waals surface area contributed by atoms with E-state index in [2.05, 4.69) is 10.3 Å². The maximum absolute atomic E-state index is 12.2. The third-order valence-corrected chi connectivity index (χ3v) is 4.38. The van der Waals surface area contributed by atoms with E-state index in [9.17, 15) is 19.5 Å². The van der Waals surface area contributed by atoms with Gasteiger partial charge in [-0.05, 0) is 18.1 Å². The third-order valence-electron chi connectivity index (χ3n) is 4.12. The first-order chi connectivity index (χ1) is 12.3. The summed E-state index contributed by atoms with van der Waals surface area (Å²) in [5.74, 6) is -1.88. The van der Waals surface area contributed by atoms with Crippen molar-refractivity contribution in [3.63, 3.8) is 0 Å². The molecule has 0 aliphatic rings. The second kappa shape index (κ2) is 8.62. The molecule has 0 spiro atoms. The van der Waals surface area contributed by atoms with Crippen LogP contribution in [0, 0.1) is 5.92 Å². The number of aromatic nitrogens is 2. The van der Waals surface area contributed by atoms with Crippen LogP contribution in [0.5, 0.6) is 0 Å². The van der Waals surface area contributed by atoms with Gasteiger partial charge >= 0.3 is 5.97 Å². The van der Waals surface area contributed by atoms with Crippen LogP contribution in [0.4, 0.5) is 0 Å². The quantitative estimate of drug-likeness (QED) is 0.770. The number of carboxylic acids is 1. The number of nitrogens with zero attached hydrogens (tertiary/aromatic N) is 2. The summed E-state index contributed by atoms with van der Waals surface area (Å²) in [5.41, 5.74) is 0.797. The number of carboxylic acid groups (broad SMARTS) is 1. The van der Waals surface area contributed by atoms with Crippen LogP contribution in [0.2, 0.25) is 5.02 Å². The minimum absolute atomic E-state index is 0.227. The number of carbonyl (C=O) groups is 2. The molecule has 2 N–H and O–H groups in total. The standard InChI is InChI=1S/C18H20ClN3O4/c1-3-11(2)17(18(25)26)21-15(23)10-22-9-14(20-8-16(22)24)12-4-6-13(19)7-5-12/h4-9,11,17H,3,10H2,1-2H3,(H,21,23)(H,25,26)/t11-,17-/m1/s1. The normalized spacial score (nSPS) is 13.0. The Balaban J connectivity index is 2.19. The van der Waals surface area contributed by atoms with Crippen molar-refractivity contribution in [2.24, 2.45) is 5.92 Å². The van der Waals surface area contributed by atoms with E-state index in [4.69, 9.17) is 11.6 Å². The predicted molar refractivity (Wildman–Crippen MR) is 98.0 cm³/mol. The van der Waals surface area contributed by atoms with E-state index in [1.807, 2.05) is 6.92 Å². The van der Waals surface area contributed by atoms with Gasteiger partial charge in [0.05, 0.1) is 11.9 Å². The van der Waals surface area contributed by atoms with Crippen LogP contribution in [0.25, 0.3) is 11.3 Å². The highest BCUT2D eigenvalue weighted by Gasteiger charge is 2.25. The van der Waals surface area contributed by atoms with E-state index < -0.39 is 23.5 Å². The molecule has 2 aromatic rings. The molecule has 1 heterocycles. The number of carbonyl (C=O) groups excluding carboxylic acids is 1. The maximum Gasteiger partial charge on any atom is 0.326 e. The van der Waals surface area contributed by atoms with E-state index in [1.54, 1.807) is 31.2 Å². The fraction of sp³-hybridized carbons (Fsp3) is 0.333. The average molecular weight is 378 g/mol. The number of benzene rings is 1. The van der Waals surface area contributed by atoms with Gasteiger partial charge in [-0.25, -0.2) is 9.78 Å². The Morgan fingerprint density at radius 3 is 2.54 bits per heavy atom. The summed E-state index contributed by atoms with van der Waals surface area (Å²) in [6.07, 6.45) is 3.19. The monoisotopic (exact) mass is 377 g/mol. The first-order valence-electron chi connectivity index (χ1n) is 8.16. The lowest BCUT2D eigenvalue weighted by Gasteiger charge is -2.20. The zero-order chi connectivity index (χ0) is 19.3. The average Bonchev–Trinajstić information content (AvgIpc) is 2.61. The van der Waals surface area contributed by atoms with Crippen molar-refractivity contribution in [1.29, 1.82) is 0 Å². The van der Waals surface area contributed by atoms with E-state index in [1.165, 1.54) is 10.8 Å². The fourth-order valence-electron chi connectivity index (χ4n) is 2.39. The van der Waals surface area contributed by atoms with Crippen molar-refractivity contribution in [3.8, 4) is 11.3 Å². The summed E-state index contributed by atoms with van der Waals surface area (Å²) in [6.45, 7) is 3.30. The van der Waals surface area contributed by atoms with Gasteiger partial charge in [0.1, 0.15) is 12.6 Å². The lowest BCUT2D eigenvalue weighted by atomic mass is 9.99. The molecule has 0 unspecified atom stereocenters. The molecule has 0 radical (unpaired) electrons. The Morgan fingerprint density at radius 2 is 1.96 bits per heavy atom. The number of halogens is 1. The van der Waals surface area contributed by atoms with Crippen LogP contribution in [0.15, 0.2) is 41.5 Å². The lowest BCUT2D eigenvalue weighted by molar-refractivity contribution is -0.143. The predicted octanol–water partition coefficient (Wildman–Crippen LogP) is 2.18. The Bertz CT molecular complexity index is 848. The Morgan fingerprint density at radius 1 is 1.31 bits per heavy atom. The molecule has 0 aliphatic carbocycles. The molecule has 1 amide bonds. The molecule has 2 atom stereocenters. The largest absolute Gasteiger partial charge is 0.480 e. The molecule has 0 bridgehead atoms. The highest BCUT2D eigenvalue weighted by Crippen LogP contribution is 2.18. The van der Waals surface area contributed by atoms with E-state index >= 15 is 0 Å². The molecule has 26 heavy (non-hydrogen) atoms. The second-order valence-corrected chi connectivity index (χ2v) is 6.45. The Labute approximate surface area is 155 Å². The van der Waals surface area contributed by atoms with Gasteiger partial charge in [0.2, 0.25) is 5.91 Å². The Hall–Kier alpha value is -2.67. The molecule has 2 rings (SSSR count). The van der Waals surface area contributed by atoms with Crippen LogP contribution in [0.1, 0.15) is 20.3 Å². The Kier molecular flexibility index (Phi) is 6.52. The highest BCUT2D eigenvalue weighted by atomic mass is 35.5. The SMILES string of the molecule is CC[C@@H](C)[C@@H](NC(=O)Cn1cc(-c2ccc(Cl)cc2)ncc1=O)C(=O)O. The molecule has 7 nitrogen and oxygen atoms in total. The molecule has 138 valence electrons. The molecular weight excluding hydrogens is 358 g/mol. The summed E-state index contributed by atoms with van der Waals surface area (Å²) in [5, 5.41) is 12.3. The van der Waals surface area contributed by atoms with Crippen molar-refractivity contribution in [2.45, 2.75) is 32.9 Å². The van der Waals surface area contributed by atoms with Gasteiger partial charge in [-0.1, -0.05) is 44.0 Å². The van der Waals surface area contributed by atoms with Gasteiger partial charge in [-0.15, -0.1) is 0 Å². The zero-order valence-corrected chi connectivity index (χ0v) is 15.2. The van der Waals surface area contributed by atoms with Crippen molar-refractivity contribution in [1.82, 2.24) is 14.9 Å². The third kappa shape index (κ3) is 4.92. The molecule has 0 saturated carbocycles. The highest BCUT2D eigenvalue weighted by molar-refractivity contribution is 6.30. The van der Waals surface area contributed by atoms with Crippen LogP contribution in [0.3, 0.4) is 0 Å². The fourth-order valence-corrected chi connectivity index (χ4v) is 2.52. The zero-order valence-electron chi connectivity index (χ0n) is 14.5. The summed E-state index contributed by atoms with van der Waals surface area (Å²) in [6, 6.07) is 5.90. The number of hydrogen-bond acceptors (Lipinski definition) is 4. The summed E-state index contributed by atoms with van der Waals surface area (Å²) < 4.78 is 1.20. The topological polar surface area (TPSA) is 101 Å². The summed E-state index contributed by atoms with van der Waals surface area (Å²) >= 11 is 5.86. The summed E-state index contributed by atoms with van der Waals surface area (Å²) in [4.78, 5) is 39.6.